The molecule has 7 heteroatoms. The molecule has 2 aromatic rings. The summed E-state index contributed by atoms with van der Waals surface area (Å²) >= 11 is 5.96. The van der Waals surface area contributed by atoms with Crippen LogP contribution in [0.3, 0.4) is 0 Å². The van der Waals surface area contributed by atoms with Gasteiger partial charge in [0.25, 0.3) is 5.91 Å². The van der Waals surface area contributed by atoms with Gasteiger partial charge in [0, 0.05) is 43.1 Å². The number of hydrogen-bond donors (Lipinski definition) is 2. The summed E-state index contributed by atoms with van der Waals surface area (Å²) in [6.07, 6.45) is 1.57. The number of nitrogens with one attached hydrogen (secondary N) is 2. The van der Waals surface area contributed by atoms with Gasteiger partial charge in [-0.05, 0) is 30.3 Å². The SMILES string of the molecule is O=C(NCCN1CCOCC1)c1ccc(Nc2cccc(Cl)c2)nc1. The van der Waals surface area contributed by atoms with Gasteiger partial charge in [-0.1, -0.05) is 17.7 Å². The molecule has 25 heavy (non-hydrogen) atoms. The molecule has 1 amide bonds. The van der Waals surface area contributed by atoms with E-state index in [1.54, 1.807) is 18.3 Å². The zero-order valence-corrected chi connectivity index (χ0v) is 14.6. The fourth-order valence-corrected chi connectivity index (χ4v) is 2.76. The quantitative estimate of drug-likeness (QED) is 0.828. The molecule has 0 unspecified atom stereocenters. The molecule has 1 aliphatic rings. The first-order valence-electron chi connectivity index (χ1n) is 8.28. The van der Waals surface area contributed by atoms with Crippen molar-refractivity contribution in [3.05, 3.63) is 53.2 Å². The van der Waals surface area contributed by atoms with E-state index in [1.807, 2.05) is 24.3 Å². The van der Waals surface area contributed by atoms with Gasteiger partial charge in [0.2, 0.25) is 0 Å². The van der Waals surface area contributed by atoms with Crippen LogP contribution in [0.2, 0.25) is 5.02 Å². The molecule has 0 bridgehead atoms. The highest BCUT2D eigenvalue weighted by molar-refractivity contribution is 6.30. The van der Waals surface area contributed by atoms with Crippen molar-refractivity contribution in [2.45, 2.75) is 0 Å². The van der Waals surface area contributed by atoms with Crippen LogP contribution in [0, 0.1) is 0 Å². The van der Waals surface area contributed by atoms with Crippen LogP contribution >= 0.6 is 11.6 Å². The van der Waals surface area contributed by atoms with E-state index in [2.05, 4.69) is 20.5 Å². The first-order valence-corrected chi connectivity index (χ1v) is 8.65. The van der Waals surface area contributed by atoms with Crippen LogP contribution in [0.15, 0.2) is 42.6 Å². The molecule has 0 atom stereocenters. The van der Waals surface area contributed by atoms with Crippen LogP contribution in [0.4, 0.5) is 11.5 Å². The number of morpholine rings is 1. The minimum absolute atomic E-state index is 0.116. The molecular formula is C18H21ClN4O2. The van der Waals surface area contributed by atoms with Gasteiger partial charge in [-0.15, -0.1) is 0 Å². The van der Waals surface area contributed by atoms with Crippen molar-refractivity contribution in [3.63, 3.8) is 0 Å². The normalized spacial score (nSPS) is 14.9. The maximum absolute atomic E-state index is 12.2. The molecule has 0 spiro atoms. The van der Waals surface area contributed by atoms with E-state index < -0.39 is 0 Å². The van der Waals surface area contributed by atoms with Crippen molar-refractivity contribution in [2.75, 3.05) is 44.7 Å². The molecule has 0 saturated carbocycles. The molecule has 0 radical (unpaired) electrons. The summed E-state index contributed by atoms with van der Waals surface area (Å²) in [4.78, 5) is 18.7. The molecule has 2 heterocycles. The predicted octanol–water partition coefficient (Wildman–Crippen LogP) is 2.54. The highest BCUT2D eigenvalue weighted by Crippen LogP contribution is 2.18. The molecule has 1 aliphatic heterocycles. The lowest BCUT2D eigenvalue weighted by Gasteiger charge is -2.26. The number of benzene rings is 1. The van der Waals surface area contributed by atoms with Crippen molar-refractivity contribution in [1.29, 1.82) is 0 Å². The number of ether oxygens (including phenoxy) is 1. The van der Waals surface area contributed by atoms with Gasteiger partial charge in [0.15, 0.2) is 0 Å². The monoisotopic (exact) mass is 360 g/mol. The van der Waals surface area contributed by atoms with Crippen LogP contribution < -0.4 is 10.6 Å². The minimum atomic E-state index is -0.116. The van der Waals surface area contributed by atoms with Crippen LogP contribution in [-0.2, 0) is 4.74 Å². The van der Waals surface area contributed by atoms with E-state index in [1.165, 1.54) is 0 Å². The van der Waals surface area contributed by atoms with Crippen molar-refractivity contribution in [2.24, 2.45) is 0 Å². The summed E-state index contributed by atoms with van der Waals surface area (Å²) in [5.41, 5.74) is 1.39. The Balaban J connectivity index is 1.48. The first kappa shape index (κ1) is 17.7. The Hall–Kier alpha value is -2.15. The Labute approximate surface area is 152 Å². The van der Waals surface area contributed by atoms with E-state index >= 15 is 0 Å². The number of carbonyl (C=O) groups is 1. The van der Waals surface area contributed by atoms with Gasteiger partial charge < -0.3 is 15.4 Å². The second-order valence-electron chi connectivity index (χ2n) is 5.78. The Morgan fingerprint density at radius 3 is 2.80 bits per heavy atom. The summed E-state index contributed by atoms with van der Waals surface area (Å²) < 4.78 is 5.31. The van der Waals surface area contributed by atoms with Crippen LogP contribution in [-0.4, -0.2) is 55.2 Å². The lowest BCUT2D eigenvalue weighted by atomic mass is 10.2. The number of carbonyl (C=O) groups excluding carboxylic acids is 1. The zero-order chi connectivity index (χ0) is 17.5. The topological polar surface area (TPSA) is 66.5 Å². The fourth-order valence-electron chi connectivity index (χ4n) is 2.57. The van der Waals surface area contributed by atoms with E-state index in [4.69, 9.17) is 16.3 Å². The Bertz CT molecular complexity index is 702. The molecule has 1 aromatic heterocycles. The maximum Gasteiger partial charge on any atom is 0.252 e. The predicted molar refractivity (Wildman–Crippen MR) is 98.6 cm³/mol. The number of hydrogen-bond acceptors (Lipinski definition) is 5. The zero-order valence-electron chi connectivity index (χ0n) is 13.9. The number of rotatable bonds is 6. The summed E-state index contributed by atoms with van der Waals surface area (Å²) in [6, 6.07) is 10.9. The number of aromatic nitrogens is 1. The van der Waals surface area contributed by atoms with Crippen LogP contribution in [0.25, 0.3) is 0 Å². The smallest absolute Gasteiger partial charge is 0.252 e. The average molecular weight is 361 g/mol. The molecule has 3 rings (SSSR count). The fraction of sp³-hybridized carbons (Fsp3) is 0.333. The minimum Gasteiger partial charge on any atom is -0.379 e. The summed E-state index contributed by atoms with van der Waals surface area (Å²) in [7, 11) is 0. The number of halogens is 1. The van der Waals surface area contributed by atoms with Crippen LogP contribution in [0.5, 0.6) is 0 Å². The second kappa shape index (κ2) is 8.80. The third kappa shape index (κ3) is 5.42. The van der Waals surface area contributed by atoms with Gasteiger partial charge >= 0.3 is 0 Å². The van der Waals surface area contributed by atoms with Gasteiger partial charge in [-0.3, -0.25) is 9.69 Å². The highest BCUT2D eigenvalue weighted by atomic mass is 35.5. The molecular weight excluding hydrogens is 340 g/mol. The number of nitrogens with zero attached hydrogens (tertiary/aromatic N) is 2. The van der Waals surface area contributed by atoms with Crippen molar-refractivity contribution >= 4 is 29.0 Å². The van der Waals surface area contributed by atoms with Crippen molar-refractivity contribution in [3.8, 4) is 0 Å². The van der Waals surface area contributed by atoms with E-state index in [-0.39, 0.29) is 5.91 Å². The summed E-state index contributed by atoms with van der Waals surface area (Å²) in [5.74, 6) is 0.544. The van der Waals surface area contributed by atoms with Crippen molar-refractivity contribution in [1.82, 2.24) is 15.2 Å². The summed E-state index contributed by atoms with van der Waals surface area (Å²) in [5, 5.41) is 6.73. The van der Waals surface area contributed by atoms with Gasteiger partial charge in [-0.25, -0.2) is 4.98 Å². The third-order valence-corrected chi connectivity index (χ3v) is 4.18. The molecule has 6 nitrogen and oxygen atoms in total. The van der Waals surface area contributed by atoms with Gasteiger partial charge in [-0.2, -0.15) is 0 Å². The lowest BCUT2D eigenvalue weighted by Crippen LogP contribution is -2.41. The molecule has 2 N–H and O–H groups in total. The molecule has 1 fully saturated rings. The highest BCUT2D eigenvalue weighted by Gasteiger charge is 2.11. The Morgan fingerprint density at radius 1 is 1.24 bits per heavy atom. The Kier molecular flexibility index (Phi) is 6.22. The number of anilines is 2. The molecule has 1 aromatic carbocycles. The van der Waals surface area contributed by atoms with E-state index in [0.29, 0.717) is 22.9 Å². The average Bonchev–Trinajstić information content (AvgIpc) is 2.63. The van der Waals surface area contributed by atoms with Gasteiger partial charge in [0.05, 0.1) is 18.8 Å². The lowest BCUT2D eigenvalue weighted by molar-refractivity contribution is 0.0383. The maximum atomic E-state index is 12.2. The van der Waals surface area contributed by atoms with Crippen LogP contribution in [0.1, 0.15) is 10.4 Å². The molecule has 0 aliphatic carbocycles. The Morgan fingerprint density at radius 2 is 2.08 bits per heavy atom. The summed E-state index contributed by atoms with van der Waals surface area (Å²) in [6.45, 7) is 4.80. The van der Waals surface area contributed by atoms with E-state index in [9.17, 15) is 4.79 Å². The van der Waals surface area contributed by atoms with Crippen molar-refractivity contribution < 1.29 is 9.53 Å². The number of pyridine rings is 1. The van der Waals surface area contributed by atoms with Gasteiger partial charge in [0.1, 0.15) is 5.82 Å². The third-order valence-electron chi connectivity index (χ3n) is 3.94. The first-order chi connectivity index (χ1) is 12.2. The largest absolute Gasteiger partial charge is 0.379 e. The molecule has 132 valence electrons. The standard InChI is InChI=1S/C18H21ClN4O2/c19-15-2-1-3-16(12-15)22-17-5-4-14(13-21-17)18(24)20-6-7-23-8-10-25-11-9-23/h1-5,12-13H,6-11H2,(H,20,24)(H,21,22). The van der Waals surface area contributed by atoms with E-state index in [0.717, 1.165) is 38.5 Å². The number of amides is 1. The molecule has 1 saturated heterocycles. The second-order valence-corrected chi connectivity index (χ2v) is 6.21.